The molecular weight excluding hydrogens is 478 g/mol. The Morgan fingerprint density at radius 2 is 1.93 bits per heavy atom. The Bertz CT molecular complexity index is 1050. The first-order valence-corrected chi connectivity index (χ1v) is 9.11. The van der Waals surface area contributed by atoms with E-state index in [-0.39, 0.29) is 11.3 Å². The van der Waals surface area contributed by atoms with E-state index in [0.717, 1.165) is 0 Å². The van der Waals surface area contributed by atoms with Crippen LogP contribution in [0.5, 0.6) is 5.75 Å². The van der Waals surface area contributed by atoms with Crippen LogP contribution in [0.3, 0.4) is 0 Å². The maximum absolute atomic E-state index is 13.5. The Hall–Kier alpha value is -3.08. The van der Waals surface area contributed by atoms with E-state index >= 15 is 0 Å². The predicted molar refractivity (Wildman–Crippen MR) is 109 cm³/mol. The number of esters is 1. The summed E-state index contributed by atoms with van der Waals surface area (Å²) < 4.78 is 21.0. The van der Waals surface area contributed by atoms with E-state index in [2.05, 4.69) is 15.6 Å². The van der Waals surface area contributed by atoms with Gasteiger partial charge in [0.25, 0.3) is 5.91 Å². The molecule has 0 atom stereocenters. The second-order valence-corrected chi connectivity index (χ2v) is 6.80. The van der Waals surface area contributed by atoms with Gasteiger partial charge in [0, 0.05) is 13.2 Å². The van der Waals surface area contributed by atoms with Crippen molar-refractivity contribution in [3.8, 4) is 5.75 Å². The normalized spacial score (nSPS) is 10.8. The maximum Gasteiger partial charge on any atom is 0.365 e. The van der Waals surface area contributed by atoms with Gasteiger partial charge in [0.05, 0.1) is 15.3 Å². The number of benzene rings is 2. The van der Waals surface area contributed by atoms with E-state index in [9.17, 15) is 14.0 Å². The number of hydrogen-bond acceptors (Lipinski definition) is 5. The van der Waals surface area contributed by atoms with E-state index in [4.69, 9.17) is 4.74 Å². The fourth-order valence-corrected chi connectivity index (χ4v) is 2.98. The van der Waals surface area contributed by atoms with Crippen molar-refractivity contribution in [3.05, 3.63) is 80.9 Å². The van der Waals surface area contributed by atoms with Crippen molar-refractivity contribution < 1.29 is 18.7 Å². The van der Waals surface area contributed by atoms with Crippen molar-refractivity contribution >= 4 is 40.7 Å². The van der Waals surface area contributed by atoms with Crippen LogP contribution in [0.15, 0.2) is 59.8 Å². The number of carbonyl (C=O) groups excluding carboxylic acids is 2. The van der Waals surface area contributed by atoms with Crippen LogP contribution in [0, 0.1) is 9.39 Å². The second-order valence-electron chi connectivity index (χ2n) is 5.64. The minimum Gasteiger partial charge on any atom is -0.422 e. The lowest BCUT2D eigenvalue weighted by Gasteiger charge is -2.03. The number of nitrogens with one attached hydrogen (secondary N) is 1. The van der Waals surface area contributed by atoms with Gasteiger partial charge in [0.15, 0.2) is 5.69 Å². The van der Waals surface area contributed by atoms with Crippen LogP contribution in [0.4, 0.5) is 4.39 Å². The highest BCUT2D eigenvalue weighted by atomic mass is 127. The summed E-state index contributed by atoms with van der Waals surface area (Å²) in [4.78, 5) is 24.0. The van der Waals surface area contributed by atoms with E-state index < -0.39 is 17.7 Å². The van der Waals surface area contributed by atoms with Crippen molar-refractivity contribution in [2.75, 3.05) is 0 Å². The topological polar surface area (TPSA) is 85.6 Å². The van der Waals surface area contributed by atoms with E-state index in [1.807, 2.05) is 22.6 Å². The van der Waals surface area contributed by atoms with E-state index in [1.54, 1.807) is 43.6 Å². The van der Waals surface area contributed by atoms with Crippen LogP contribution in [-0.4, -0.2) is 27.9 Å². The number of ether oxygens (including phenoxy) is 1. The molecule has 2 aromatic carbocycles. The SMILES string of the molecule is Cn1cc(I)c(C(=O)Oc2ccc(C=NNC(=O)c3ccccc3F)cc2)n1. The number of hydrogen-bond donors (Lipinski definition) is 1. The number of amides is 1. The summed E-state index contributed by atoms with van der Waals surface area (Å²) in [5, 5.41) is 7.86. The first-order valence-electron chi connectivity index (χ1n) is 8.03. The molecule has 9 heteroatoms. The highest BCUT2D eigenvalue weighted by molar-refractivity contribution is 14.1. The van der Waals surface area contributed by atoms with Crippen LogP contribution in [0.25, 0.3) is 0 Å². The number of halogens is 2. The first kappa shape index (κ1) is 19.7. The van der Waals surface area contributed by atoms with Gasteiger partial charge < -0.3 is 4.74 Å². The Labute approximate surface area is 173 Å². The summed E-state index contributed by atoms with van der Waals surface area (Å²) in [7, 11) is 1.72. The molecule has 142 valence electrons. The third-order valence-electron chi connectivity index (χ3n) is 3.57. The Balaban J connectivity index is 1.59. The largest absolute Gasteiger partial charge is 0.422 e. The van der Waals surface area contributed by atoms with Gasteiger partial charge in [-0.05, 0) is 64.6 Å². The second kappa shape index (κ2) is 8.74. The van der Waals surface area contributed by atoms with Gasteiger partial charge in [-0.3, -0.25) is 9.48 Å². The van der Waals surface area contributed by atoms with Gasteiger partial charge in [0.2, 0.25) is 0 Å². The summed E-state index contributed by atoms with van der Waals surface area (Å²) in [6, 6.07) is 12.1. The number of aromatic nitrogens is 2. The molecular formula is C19H14FIN4O3. The molecule has 0 aliphatic rings. The molecule has 1 amide bonds. The predicted octanol–water partition coefficient (Wildman–Crippen LogP) is 3.15. The third-order valence-corrected chi connectivity index (χ3v) is 4.36. The number of aryl methyl sites for hydroxylation is 1. The molecule has 0 spiro atoms. The summed E-state index contributed by atoms with van der Waals surface area (Å²) in [5.41, 5.74) is 3.06. The van der Waals surface area contributed by atoms with Crippen molar-refractivity contribution in [2.24, 2.45) is 12.1 Å². The molecule has 7 nitrogen and oxygen atoms in total. The van der Waals surface area contributed by atoms with Gasteiger partial charge in [-0.1, -0.05) is 12.1 Å². The van der Waals surface area contributed by atoms with Crippen LogP contribution in [-0.2, 0) is 7.05 Å². The molecule has 3 rings (SSSR count). The lowest BCUT2D eigenvalue weighted by atomic mass is 10.2. The summed E-state index contributed by atoms with van der Waals surface area (Å²) in [6.07, 6.45) is 3.11. The molecule has 0 saturated heterocycles. The monoisotopic (exact) mass is 492 g/mol. The van der Waals surface area contributed by atoms with Gasteiger partial charge in [-0.15, -0.1) is 0 Å². The molecule has 3 aromatic rings. The van der Waals surface area contributed by atoms with Crippen molar-refractivity contribution in [3.63, 3.8) is 0 Å². The third kappa shape index (κ3) is 4.80. The molecule has 0 radical (unpaired) electrons. The van der Waals surface area contributed by atoms with Crippen LogP contribution in [0.2, 0.25) is 0 Å². The number of hydrazone groups is 1. The quantitative estimate of drug-likeness (QED) is 0.195. The van der Waals surface area contributed by atoms with Crippen molar-refractivity contribution in [1.82, 2.24) is 15.2 Å². The highest BCUT2D eigenvalue weighted by Gasteiger charge is 2.16. The van der Waals surface area contributed by atoms with E-state index in [1.165, 1.54) is 29.1 Å². The standard InChI is InChI=1S/C19H14FIN4O3/c1-25-11-16(21)17(24-25)19(27)28-13-8-6-12(7-9-13)10-22-23-18(26)14-4-2-3-5-15(14)20/h2-11H,1H3,(H,23,26). The molecule has 0 unspecified atom stereocenters. The molecule has 0 fully saturated rings. The Morgan fingerprint density at radius 3 is 2.57 bits per heavy atom. The molecule has 0 aliphatic carbocycles. The highest BCUT2D eigenvalue weighted by Crippen LogP contribution is 2.16. The zero-order chi connectivity index (χ0) is 20.1. The molecule has 1 aromatic heterocycles. The Morgan fingerprint density at radius 1 is 1.21 bits per heavy atom. The fourth-order valence-electron chi connectivity index (χ4n) is 2.25. The number of rotatable bonds is 5. The molecule has 0 bridgehead atoms. The average molecular weight is 492 g/mol. The van der Waals surface area contributed by atoms with Crippen molar-refractivity contribution in [1.29, 1.82) is 0 Å². The Kier molecular flexibility index (Phi) is 6.14. The molecule has 0 aliphatic heterocycles. The summed E-state index contributed by atoms with van der Waals surface area (Å²) >= 11 is 2.01. The average Bonchev–Trinajstić information content (AvgIpc) is 3.01. The zero-order valence-electron chi connectivity index (χ0n) is 14.6. The molecule has 1 N–H and O–H groups in total. The van der Waals surface area contributed by atoms with Gasteiger partial charge in [-0.2, -0.15) is 10.2 Å². The first-order chi connectivity index (χ1) is 13.4. The maximum atomic E-state index is 13.5. The van der Waals surface area contributed by atoms with Crippen molar-refractivity contribution in [2.45, 2.75) is 0 Å². The summed E-state index contributed by atoms with van der Waals surface area (Å²) in [5.74, 6) is -1.48. The summed E-state index contributed by atoms with van der Waals surface area (Å²) in [6.45, 7) is 0. The lowest BCUT2D eigenvalue weighted by molar-refractivity contribution is 0.0726. The van der Waals surface area contributed by atoms with Crippen LogP contribution < -0.4 is 10.2 Å². The number of nitrogens with zero attached hydrogens (tertiary/aromatic N) is 3. The van der Waals surface area contributed by atoms with Gasteiger partial charge >= 0.3 is 5.97 Å². The van der Waals surface area contributed by atoms with Crippen LogP contribution >= 0.6 is 22.6 Å². The molecule has 1 heterocycles. The molecule has 28 heavy (non-hydrogen) atoms. The van der Waals surface area contributed by atoms with E-state index in [0.29, 0.717) is 14.9 Å². The lowest BCUT2D eigenvalue weighted by Crippen LogP contribution is -2.18. The minimum absolute atomic E-state index is 0.0916. The zero-order valence-corrected chi connectivity index (χ0v) is 16.8. The number of carbonyl (C=O) groups is 2. The minimum atomic E-state index is -0.648. The van der Waals surface area contributed by atoms with Gasteiger partial charge in [-0.25, -0.2) is 14.6 Å². The fraction of sp³-hybridized carbons (Fsp3) is 0.0526. The van der Waals surface area contributed by atoms with Crippen LogP contribution in [0.1, 0.15) is 26.4 Å². The smallest absolute Gasteiger partial charge is 0.365 e. The van der Waals surface area contributed by atoms with Gasteiger partial charge in [0.1, 0.15) is 11.6 Å². The molecule has 0 saturated carbocycles.